The van der Waals surface area contributed by atoms with Gasteiger partial charge in [-0.2, -0.15) is 5.26 Å². The maximum absolute atomic E-state index is 12.3. The number of nitrogens with two attached hydrogens (primary N) is 2. The number of aliphatic hydroxyl groups excluding tert-OH is 1. The molecule has 0 bridgehead atoms. The van der Waals surface area contributed by atoms with Crippen molar-refractivity contribution in [2.75, 3.05) is 12.3 Å². The normalized spacial score (nSPS) is 10.8. The van der Waals surface area contributed by atoms with Crippen LogP contribution in [0.5, 0.6) is 0 Å². The predicted molar refractivity (Wildman–Crippen MR) is 145 cm³/mol. The van der Waals surface area contributed by atoms with Crippen LogP contribution in [0.25, 0.3) is 21.7 Å². The summed E-state index contributed by atoms with van der Waals surface area (Å²) in [5.41, 5.74) is 15.9. The summed E-state index contributed by atoms with van der Waals surface area (Å²) in [6.45, 7) is 0.105. The summed E-state index contributed by atoms with van der Waals surface area (Å²) in [4.78, 5) is 21.3. The van der Waals surface area contributed by atoms with E-state index in [4.69, 9.17) is 28.2 Å². The van der Waals surface area contributed by atoms with Crippen LogP contribution in [0.2, 0.25) is 5.02 Å². The molecular formula is C26H22ClN5O2S2. The summed E-state index contributed by atoms with van der Waals surface area (Å²) in [5.74, 6) is -0.316. The molecule has 2 aromatic heterocycles. The first-order chi connectivity index (χ1) is 17.4. The summed E-state index contributed by atoms with van der Waals surface area (Å²) >= 11 is 8.82. The monoisotopic (exact) mass is 535 g/mol. The zero-order valence-corrected chi connectivity index (χ0v) is 21.5. The van der Waals surface area contributed by atoms with E-state index in [0.29, 0.717) is 33.3 Å². The number of aromatic nitrogens is 2. The molecule has 4 rings (SSSR count). The van der Waals surface area contributed by atoms with Crippen LogP contribution in [0.15, 0.2) is 58.9 Å². The number of aryl methyl sites for hydroxylation is 1. The minimum atomic E-state index is -0.750. The van der Waals surface area contributed by atoms with E-state index in [1.54, 1.807) is 0 Å². The van der Waals surface area contributed by atoms with Crippen molar-refractivity contribution in [2.45, 2.75) is 23.6 Å². The highest BCUT2D eigenvalue weighted by molar-refractivity contribution is 7.98. The third-order valence-corrected chi connectivity index (χ3v) is 7.62. The quantitative estimate of drug-likeness (QED) is 0.247. The molecule has 0 spiro atoms. The molecule has 0 radical (unpaired) electrons. The van der Waals surface area contributed by atoms with Crippen LogP contribution in [-0.4, -0.2) is 27.6 Å². The first kappa shape index (κ1) is 25.7. The Labute approximate surface area is 221 Å². The Morgan fingerprint density at radius 1 is 1.11 bits per heavy atom. The first-order valence-corrected chi connectivity index (χ1v) is 13.2. The van der Waals surface area contributed by atoms with E-state index in [1.807, 2.05) is 53.9 Å². The van der Waals surface area contributed by atoms with Crippen molar-refractivity contribution in [1.82, 2.24) is 9.97 Å². The number of primary amides is 1. The van der Waals surface area contributed by atoms with Crippen LogP contribution in [0.1, 0.15) is 33.6 Å². The SMILES string of the molecule is N#Cc1c(SCc2csc(-c3ccc(Cl)cc3)n2)nc(N)c(C(N)=O)c1-c1ccc(CCCO)cc1. The van der Waals surface area contributed by atoms with E-state index >= 15 is 0 Å². The fourth-order valence-electron chi connectivity index (χ4n) is 3.69. The Morgan fingerprint density at radius 3 is 2.44 bits per heavy atom. The molecule has 36 heavy (non-hydrogen) atoms. The Hall–Kier alpha value is -3.42. The maximum atomic E-state index is 12.3. The average Bonchev–Trinajstić information content (AvgIpc) is 3.35. The van der Waals surface area contributed by atoms with Gasteiger partial charge in [-0.1, -0.05) is 59.8 Å². The lowest BCUT2D eigenvalue weighted by Crippen LogP contribution is -2.17. The van der Waals surface area contributed by atoms with Gasteiger partial charge in [-0.15, -0.1) is 11.3 Å². The predicted octanol–water partition coefficient (Wildman–Crippen LogP) is 5.30. The van der Waals surface area contributed by atoms with E-state index in [2.05, 4.69) is 16.0 Å². The minimum absolute atomic E-state index is 0.0245. The summed E-state index contributed by atoms with van der Waals surface area (Å²) < 4.78 is 0. The van der Waals surface area contributed by atoms with Crippen molar-refractivity contribution < 1.29 is 9.90 Å². The molecule has 0 aliphatic rings. The number of anilines is 1. The van der Waals surface area contributed by atoms with E-state index in [-0.39, 0.29) is 23.6 Å². The highest BCUT2D eigenvalue weighted by Crippen LogP contribution is 2.37. The number of aliphatic hydroxyl groups is 1. The van der Waals surface area contributed by atoms with Gasteiger partial charge in [0.1, 0.15) is 21.9 Å². The third-order valence-electron chi connectivity index (χ3n) is 5.42. The molecule has 2 aromatic carbocycles. The summed E-state index contributed by atoms with van der Waals surface area (Å²) in [5, 5.41) is 23.0. The molecule has 0 atom stereocenters. The molecule has 0 unspecified atom stereocenters. The van der Waals surface area contributed by atoms with Crippen LogP contribution in [0.4, 0.5) is 5.82 Å². The first-order valence-electron chi connectivity index (χ1n) is 11.0. The number of nitriles is 1. The zero-order valence-electron chi connectivity index (χ0n) is 19.1. The Kier molecular flexibility index (Phi) is 8.23. The van der Waals surface area contributed by atoms with Crippen LogP contribution in [0.3, 0.4) is 0 Å². The van der Waals surface area contributed by atoms with Gasteiger partial charge in [-0.25, -0.2) is 9.97 Å². The van der Waals surface area contributed by atoms with E-state index in [1.165, 1.54) is 23.1 Å². The lowest BCUT2D eigenvalue weighted by Gasteiger charge is -2.15. The molecule has 7 nitrogen and oxygen atoms in total. The number of amides is 1. The standard InChI is InChI=1S/C26H22ClN5O2S2/c27-18-9-7-17(8-10-18)25-31-19(13-35-25)14-36-26-20(12-28)21(22(24(30)34)23(29)32-26)16-5-3-15(4-6-16)2-1-11-33/h3-10,13,33H,1-2,11,14H2,(H2,29,32)(H2,30,34). The van der Waals surface area contributed by atoms with Gasteiger partial charge in [0.15, 0.2) is 0 Å². The number of nitrogen functional groups attached to an aromatic ring is 1. The molecular weight excluding hydrogens is 514 g/mol. The summed E-state index contributed by atoms with van der Waals surface area (Å²) in [7, 11) is 0. The van der Waals surface area contributed by atoms with Crippen molar-refractivity contribution in [3.05, 3.63) is 81.3 Å². The number of benzene rings is 2. The number of rotatable bonds is 9. The second kappa shape index (κ2) is 11.5. The molecule has 1 amide bonds. The lowest BCUT2D eigenvalue weighted by molar-refractivity contribution is 0.100. The van der Waals surface area contributed by atoms with Gasteiger partial charge in [0.2, 0.25) is 0 Å². The molecule has 10 heteroatoms. The molecule has 0 saturated heterocycles. The molecule has 0 aliphatic heterocycles. The maximum Gasteiger partial charge on any atom is 0.253 e. The molecule has 0 aliphatic carbocycles. The smallest absolute Gasteiger partial charge is 0.253 e. The van der Waals surface area contributed by atoms with Gasteiger partial charge in [0.05, 0.1) is 16.8 Å². The van der Waals surface area contributed by atoms with Crippen molar-refractivity contribution in [1.29, 1.82) is 5.26 Å². The van der Waals surface area contributed by atoms with E-state index < -0.39 is 5.91 Å². The number of halogens is 1. The van der Waals surface area contributed by atoms with Gasteiger partial charge < -0.3 is 16.6 Å². The van der Waals surface area contributed by atoms with Gasteiger partial charge in [0, 0.05) is 33.9 Å². The van der Waals surface area contributed by atoms with Crippen molar-refractivity contribution in [3.8, 4) is 27.8 Å². The Bertz CT molecular complexity index is 1430. The van der Waals surface area contributed by atoms with Crippen molar-refractivity contribution in [2.24, 2.45) is 5.73 Å². The van der Waals surface area contributed by atoms with Gasteiger partial charge >= 0.3 is 0 Å². The average molecular weight is 536 g/mol. The second-order valence-electron chi connectivity index (χ2n) is 7.87. The highest BCUT2D eigenvalue weighted by atomic mass is 35.5. The summed E-state index contributed by atoms with van der Waals surface area (Å²) in [6, 6.07) is 17.1. The van der Waals surface area contributed by atoms with Gasteiger partial charge in [-0.05, 0) is 36.1 Å². The van der Waals surface area contributed by atoms with Crippen LogP contribution in [0, 0.1) is 11.3 Å². The number of hydrogen-bond donors (Lipinski definition) is 3. The minimum Gasteiger partial charge on any atom is -0.396 e. The number of carbonyl (C=O) groups is 1. The van der Waals surface area contributed by atoms with Crippen molar-refractivity contribution in [3.63, 3.8) is 0 Å². The van der Waals surface area contributed by atoms with Crippen LogP contribution >= 0.6 is 34.7 Å². The summed E-state index contributed by atoms with van der Waals surface area (Å²) in [6.07, 6.45) is 1.37. The fourth-order valence-corrected chi connectivity index (χ4v) is 5.63. The zero-order chi connectivity index (χ0) is 25.7. The number of carbonyl (C=O) groups excluding carboxylic acids is 1. The van der Waals surface area contributed by atoms with E-state index in [9.17, 15) is 10.1 Å². The van der Waals surface area contributed by atoms with Gasteiger partial charge in [0.25, 0.3) is 5.91 Å². The molecule has 4 aromatic rings. The van der Waals surface area contributed by atoms with Crippen molar-refractivity contribution >= 4 is 46.4 Å². The third kappa shape index (κ3) is 5.69. The number of thioether (sulfide) groups is 1. The van der Waals surface area contributed by atoms with E-state index in [0.717, 1.165) is 28.2 Å². The second-order valence-corrected chi connectivity index (χ2v) is 10.1. The lowest BCUT2D eigenvalue weighted by atomic mass is 9.94. The Morgan fingerprint density at radius 2 is 1.81 bits per heavy atom. The number of thiazole rings is 1. The topological polar surface area (TPSA) is 139 Å². The molecule has 2 heterocycles. The molecule has 5 N–H and O–H groups in total. The van der Waals surface area contributed by atoms with Crippen LogP contribution in [-0.2, 0) is 12.2 Å². The molecule has 0 saturated carbocycles. The number of pyridine rings is 1. The van der Waals surface area contributed by atoms with Gasteiger partial charge in [-0.3, -0.25) is 4.79 Å². The number of hydrogen-bond acceptors (Lipinski definition) is 8. The largest absolute Gasteiger partial charge is 0.396 e. The number of nitrogens with zero attached hydrogens (tertiary/aromatic N) is 3. The highest BCUT2D eigenvalue weighted by Gasteiger charge is 2.24. The van der Waals surface area contributed by atoms with Crippen LogP contribution < -0.4 is 11.5 Å². The molecule has 182 valence electrons. The Balaban J connectivity index is 1.66. The molecule has 0 fully saturated rings. The fraction of sp³-hybridized carbons (Fsp3) is 0.154.